The Labute approximate surface area is 152 Å². The molecule has 25 heavy (non-hydrogen) atoms. The Kier molecular flexibility index (Phi) is 5.88. The first-order chi connectivity index (χ1) is 12.1. The van der Waals surface area contributed by atoms with Crippen LogP contribution in [0.2, 0.25) is 0 Å². The van der Waals surface area contributed by atoms with Crippen LogP contribution in [0, 0.1) is 0 Å². The number of fused-ring (bicyclic) bond motifs is 1. The quantitative estimate of drug-likeness (QED) is 0.759. The van der Waals surface area contributed by atoms with E-state index in [1.807, 2.05) is 12.1 Å². The number of amides is 1. The van der Waals surface area contributed by atoms with Crippen LogP contribution in [0.4, 0.5) is 0 Å². The van der Waals surface area contributed by atoms with Gasteiger partial charge in [-0.1, -0.05) is 36.8 Å². The van der Waals surface area contributed by atoms with Gasteiger partial charge in [-0.15, -0.1) is 11.3 Å². The second-order valence-electron chi connectivity index (χ2n) is 6.14. The van der Waals surface area contributed by atoms with Gasteiger partial charge in [0.25, 0.3) is 0 Å². The fraction of sp³-hybridized carbons (Fsp3) is 0.389. The number of sulfonamides is 1. The van der Waals surface area contributed by atoms with Gasteiger partial charge in [0.05, 0.1) is 6.04 Å². The lowest BCUT2D eigenvalue weighted by Gasteiger charge is -2.19. The van der Waals surface area contributed by atoms with Crippen molar-refractivity contribution in [3.05, 3.63) is 52.9 Å². The minimum Gasteiger partial charge on any atom is -0.349 e. The number of aryl methyl sites for hydroxylation is 1. The summed E-state index contributed by atoms with van der Waals surface area (Å²) in [5.41, 5.74) is 2.48. The van der Waals surface area contributed by atoms with Crippen LogP contribution >= 0.6 is 11.3 Å². The van der Waals surface area contributed by atoms with Gasteiger partial charge in [0, 0.05) is 13.0 Å². The van der Waals surface area contributed by atoms with E-state index in [1.54, 1.807) is 17.5 Å². The van der Waals surface area contributed by atoms with Crippen LogP contribution in [-0.4, -0.2) is 20.9 Å². The Balaban J connectivity index is 1.55. The predicted molar refractivity (Wildman–Crippen MR) is 99.0 cm³/mol. The number of hydrogen-bond acceptors (Lipinski definition) is 4. The largest absolute Gasteiger partial charge is 0.349 e. The van der Waals surface area contributed by atoms with Gasteiger partial charge in [-0.2, -0.15) is 0 Å². The topological polar surface area (TPSA) is 75.3 Å². The lowest BCUT2D eigenvalue weighted by molar-refractivity contribution is -0.121. The molecule has 1 aliphatic rings. The summed E-state index contributed by atoms with van der Waals surface area (Å²) in [6, 6.07) is 11.5. The Morgan fingerprint density at radius 3 is 2.80 bits per heavy atom. The van der Waals surface area contributed by atoms with Crippen molar-refractivity contribution < 1.29 is 13.2 Å². The summed E-state index contributed by atoms with van der Waals surface area (Å²) in [5.74, 6) is -0.129. The van der Waals surface area contributed by atoms with Crippen molar-refractivity contribution in [1.82, 2.24) is 10.0 Å². The van der Waals surface area contributed by atoms with Crippen LogP contribution in [-0.2, 0) is 21.2 Å². The number of benzene rings is 1. The zero-order chi connectivity index (χ0) is 17.7. The van der Waals surface area contributed by atoms with Gasteiger partial charge in [-0.25, -0.2) is 13.1 Å². The zero-order valence-corrected chi connectivity index (χ0v) is 15.5. The number of hydrogen-bond donors (Lipinski definition) is 2. The molecule has 1 heterocycles. The van der Waals surface area contributed by atoms with Crippen molar-refractivity contribution in [2.24, 2.45) is 0 Å². The second-order valence-corrected chi connectivity index (χ2v) is 9.09. The van der Waals surface area contributed by atoms with Crippen molar-refractivity contribution in [3.8, 4) is 0 Å². The van der Waals surface area contributed by atoms with E-state index in [9.17, 15) is 13.2 Å². The normalized spacial score (nSPS) is 17.5. The van der Waals surface area contributed by atoms with Gasteiger partial charge in [-0.3, -0.25) is 4.79 Å². The molecule has 0 spiro atoms. The number of carbonyl (C=O) groups is 1. The highest BCUT2D eigenvalue weighted by molar-refractivity contribution is 7.91. The maximum atomic E-state index is 12.3. The molecule has 0 saturated heterocycles. The highest BCUT2D eigenvalue weighted by atomic mass is 32.2. The second kappa shape index (κ2) is 8.12. The smallest absolute Gasteiger partial charge is 0.250 e. The van der Waals surface area contributed by atoms with Crippen molar-refractivity contribution >= 4 is 27.3 Å². The van der Waals surface area contributed by atoms with E-state index in [0.717, 1.165) is 37.0 Å². The Bertz CT molecular complexity index is 817. The summed E-state index contributed by atoms with van der Waals surface area (Å²) in [6.07, 6.45) is 4.30. The maximum Gasteiger partial charge on any atom is 0.250 e. The molecular formula is C18H22N2O3S2. The summed E-state index contributed by atoms with van der Waals surface area (Å²) in [7, 11) is -3.51. The summed E-state index contributed by atoms with van der Waals surface area (Å²) in [4.78, 5) is 12.3. The van der Waals surface area contributed by atoms with Gasteiger partial charge in [0.2, 0.25) is 15.9 Å². The maximum absolute atomic E-state index is 12.3. The average Bonchev–Trinajstić information content (AvgIpc) is 3.06. The molecule has 1 atom stereocenters. The van der Waals surface area contributed by atoms with Crippen LogP contribution in [0.3, 0.4) is 0 Å². The molecule has 134 valence electrons. The predicted octanol–water partition coefficient (Wildman–Crippen LogP) is 3.00. The number of thiophene rings is 1. The van der Waals surface area contributed by atoms with Gasteiger partial charge in [0.1, 0.15) is 4.21 Å². The average molecular weight is 379 g/mol. The molecule has 1 aromatic heterocycles. The van der Waals surface area contributed by atoms with Crippen LogP contribution in [0.1, 0.15) is 42.9 Å². The Morgan fingerprint density at radius 1 is 1.16 bits per heavy atom. The van der Waals surface area contributed by atoms with E-state index in [4.69, 9.17) is 0 Å². The van der Waals surface area contributed by atoms with Gasteiger partial charge < -0.3 is 5.32 Å². The molecule has 1 amide bonds. The van der Waals surface area contributed by atoms with E-state index >= 15 is 0 Å². The van der Waals surface area contributed by atoms with E-state index in [1.165, 1.54) is 11.1 Å². The van der Waals surface area contributed by atoms with Crippen LogP contribution in [0.5, 0.6) is 0 Å². The van der Waals surface area contributed by atoms with Crippen LogP contribution in [0.15, 0.2) is 46.0 Å². The number of carbonyl (C=O) groups excluding carboxylic acids is 1. The molecule has 0 radical (unpaired) electrons. The zero-order valence-electron chi connectivity index (χ0n) is 13.9. The van der Waals surface area contributed by atoms with Gasteiger partial charge in [0.15, 0.2) is 0 Å². The van der Waals surface area contributed by atoms with E-state index < -0.39 is 10.0 Å². The fourth-order valence-corrected chi connectivity index (χ4v) is 5.19. The lowest BCUT2D eigenvalue weighted by atomic mass is 9.99. The van der Waals surface area contributed by atoms with Crippen molar-refractivity contribution in [3.63, 3.8) is 0 Å². The minimum absolute atomic E-state index is 0.0140. The molecule has 1 unspecified atom stereocenters. The SMILES string of the molecule is O=C(CCNS(=O)(=O)c1cccs1)NC1CCCCc2ccccc21. The summed E-state index contributed by atoms with van der Waals surface area (Å²) < 4.78 is 26.8. The van der Waals surface area contributed by atoms with Crippen molar-refractivity contribution in [2.75, 3.05) is 6.54 Å². The molecule has 3 rings (SSSR count). The first kappa shape index (κ1) is 18.1. The van der Waals surface area contributed by atoms with Crippen molar-refractivity contribution in [1.29, 1.82) is 0 Å². The molecule has 1 aliphatic carbocycles. The molecule has 0 fully saturated rings. The monoisotopic (exact) mass is 378 g/mol. The summed E-state index contributed by atoms with van der Waals surface area (Å²) >= 11 is 1.16. The minimum atomic E-state index is -3.51. The molecule has 0 saturated carbocycles. The van der Waals surface area contributed by atoms with Crippen molar-refractivity contribution in [2.45, 2.75) is 42.4 Å². The van der Waals surface area contributed by atoms with Gasteiger partial charge >= 0.3 is 0 Å². The molecule has 1 aromatic carbocycles. The van der Waals surface area contributed by atoms with Gasteiger partial charge in [-0.05, 0) is 41.8 Å². The fourth-order valence-electron chi connectivity index (χ4n) is 3.12. The first-order valence-corrected chi connectivity index (χ1v) is 10.8. The highest BCUT2D eigenvalue weighted by Gasteiger charge is 2.20. The first-order valence-electron chi connectivity index (χ1n) is 8.46. The molecule has 0 bridgehead atoms. The third-order valence-corrected chi connectivity index (χ3v) is 7.22. The molecule has 5 nitrogen and oxygen atoms in total. The third kappa shape index (κ3) is 4.68. The van der Waals surface area contributed by atoms with Crippen LogP contribution < -0.4 is 10.0 Å². The molecular weight excluding hydrogens is 356 g/mol. The number of rotatable bonds is 6. The molecule has 7 heteroatoms. The van der Waals surface area contributed by atoms with E-state index in [-0.39, 0.29) is 29.1 Å². The standard InChI is InChI=1S/C18H22N2O3S2/c21-17(11-12-19-25(22,23)18-10-5-13-24-18)20-16-9-4-2-7-14-6-1-3-8-15(14)16/h1,3,5-6,8,10,13,16,19H,2,4,7,9,11-12H2,(H,20,21). The summed E-state index contributed by atoms with van der Waals surface area (Å²) in [5, 5.41) is 4.78. The van der Waals surface area contributed by atoms with Crippen LogP contribution in [0.25, 0.3) is 0 Å². The third-order valence-electron chi connectivity index (χ3n) is 4.36. The molecule has 0 aliphatic heterocycles. The Morgan fingerprint density at radius 2 is 2.00 bits per heavy atom. The van der Waals surface area contributed by atoms with E-state index in [2.05, 4.69) is 22.2 Å². The lowest BCUT2D eigenvalue weighted by Crippen LogP contribution is -2.32. The highest BCUT2D eigenvalue weighted by Crippen LogP contribution is 2.28. The molecule has 2 N–H and O–H groups in total. The molecule has 2 aromatic rings. The summed E-state index contributed by atoms with van der Waals surface area (Å²) in [6.45, 7) is 0.0977. The number of nitrogens with one attached hydrogen (secondary N) is 2. The Hall–Kier alpha value is -1.70. The van der Waals surface area contributed by atoms with E-state index in [0.29, 0.717) is 0 Å².